The van der Waals surface area contributed by atoms with Crippen LogP contribution in [0.3, 0.4) is 0 Å². The Bertz CT molecular complexity index is 1020. The van der Waals surface area contributed by atoms with Gasteiger partial charge in [0.2, 0.25) is 0 Å². The lowest BCUT2D eigenvalue weighted by molar-refractivity contribution is -0.142. The van der Waals surface area contributed by atoms with Crippen LogP contribution in [0.25, 0.3) is 11.0 Å². The Morgan fingerprint density at radius 1 is 1.31 bits per heavy atom. The zero-order valence-corrected chi connectivity index (χ0v) is 16.6. The minimum atomic E-state index is -4.56. The van der Waals surface area contributed by atoms with Crippen molar-refractivity contribution in [1.82, 2.24) is 10.3 Å². The number of aryl methyl sites for hydroxylation is 1. The number of ether oxygens (including phenoxy) is 1. The van der Waals surface area contributed by atoms with Gasteiger partial charge in [-0.2, -0.15) is 24.9 Å². The number of fused-ring (bicyclic) bond motifs is 1. The second-order valence-electron chi connectivity index (χ2n) is 6.24. The molecule has 2 heterocycles. The van der Waals surface area contributed by atoms with E-state index in [2.05, 4.69) is 10.3 Å². The zero-order valence-electron chi connectivity index (χ0n) is 15.8. The molecule has 5 nitrogen and oxygen atoms in total. The van der Waals surface area contributed by atoms with Crippen LogP contribution < -0.4 is 10.1 Å². The molecule has 3 rings (SSSR count). The summed E-state index contributed by atoms with van der Waals surface area (Å²) in [6.45, 7) is 1.90. The highest BCUT2D eigenvalue weighted by Crippen LogP contribution is 2.32. The molecule has 9 heteroatoms. The second-order valence-corrected chi connectivity index (χ2v) is 7.22. The Hall–Kier alpha value is -2.68. The Morgan fingerprint density at radius 3 is 2.83 bits per heavy atom. The van der Waals surface area contributed by atoms with Crippen molar-refractivity contribution in [2.45, 2.75) is 19.7 Å². The van der Waals surface area contributed by atoms with Crippen molar-refractivity contribution in [2.75, 3.05) is 18.6 Å². The van der Waals surface area contributed by atoms with Crippen LogP contribution >= 0.6 is 11.8 Å². The van der Waals surface area contributed by atoms with E-state index in [4.69, 9.17) is 9.15 Å². The minimum Gasteiger partial charge on any atom is -0.489 e. The summed E-state index contributed by atoms with van der Waals surface area (Å²) in [5, 5.41) is 3.37. The molecular formula is C20H19F3N2O3S. The largest absolute Gasteiger partial charge is 0.489 e. The van der Waals surface area contributed by atoms with Crippen LogP contribution in [0.2, 0.25) is 0 Å². The smallest absolute Gasteiger partial charge is 0.433 e. The molecule has 0 saturated heterocycles. The van der Waals surface area contributed by atoms with Crippen molar-refractivity contribution in [2.24, 2.45) is 0 Å². The molecule has 0 radical (unpaired) electrons. The van der Waals surface area contributed by atoms with Crippen molar-refractivity contribution in [3.8, 4) is 5.75 Å². The van der Waals surface area contributed by atoms with Crippen LogP contribution in [0.15, 0.2) is 40.9 Å². The molecule has 0 saturated carbocycles. The number of aromatic nitrogens is 1. The maximum absolute atomic E-state index is 13.1. The molecule has 0 aliphatic heterocycles. The highest BCUT2D eigenvalue weighted by molar-refractivity contribution is 7.98. The Morgan fingerprint density at radius 2 is 2.10 bits per heavy atom. The van der Waals surface area contributed by atoms with Gasteiger partial charge < -0.3 is 14.5 Å². The fraction of sp³-hybridized carbons (Fsp3) is 0.300. The van der Waals surface area contributed by atoms with E-state index in [0.717, 1.165) is 11.9 Å². The molecule has 0 unspecified atom stereocenters. The first-order chi connectivity index (χ1) is 13.8. The van der Waals surface area contributed by atoms with Crippen LogP contribution in [0, 0.1) is 6.92 Å². The fourth-order valence-corrected chi connectivity index (χ4v) is 3.20. The third-order valence-corrected chi connectivity index (χ3v) is 4.82. The highest BCUT2D eigenvalue weighted by Gasteiger charge is 2.35. The maximum Gasteiger partial charge on any atom is 0.433 e. The number of furan rings is 1. The van der Waals surface area contributed by atoms with E-state index in [1.54, 1.807) is 36.9 Å². The summed E-state index contributed by atoms with van der Waals surface area (Å²) >= 11 is 1.62. The molecule has 2 aromatic heterocycles. The fourth-order valence-electron chi connectivity index (χ4n) is 2.90. The maximum atomic E-state index is 13.1. The van der Waals surface area contributed by atoms with Crippen molar-refractivity contribution >= 4 is 28.6 Å². The van der Waals surface area contributed by atoms with E-state index in [0.29, 0.717) is 34.6 Å². The molecule has 0 fully saturated rings. The summed E-state index contributed by atoms with van der Waals surface area (Å²) in [5.74, 6) is 1.31. The van der Waals surface area contributed by atoms with Crippen LogP contribution in [0.5, 0.6) is 5.75 Å². The number of benzene rings is 1. The van der Waals surface area contributed by atoms with E-state index < -0.39 is 11.9 Å². The second kappa shape index (κ2) is 8.77. The molecule has 0 atom stereocenters. The molecular weight excluding hydrogens is 405 g/mol. The number of rotatable bonds is 7. The summed E-state index contributed by atoms with van der Waals surface area (Å²) in [5.41, 5.74) is -0.154. The van der Waals surface area contributed by atoms with Gasteiger partial charge in [-0.05, 0) is 37.4 Å². The molecule has 1 N–H and O–H groups in total. The number of pyridine rings is 1. The summed E-state index contributed by atoms with van der Waals surface area (Å²) in [6, 6.07) is 7.56. The monoisotopic (exact) mass is 424 g/mol. The average molecular weight is 424 g/mol. The number of nitrogens with zero attached hydrogens (tertiary/aromatic N) is 1. The Balaban J connectivity index is 1.83. The van der Waals surface area contributed by atoms with E-state index in [1.165, 1.54) is 12.1 Å². The first kappa shape index (κ1) is 21.0. The molecule has 0 aliphatic carbocycles. The van der Waals surface area contributed by atoms with Crippen molar-refractivity contribution in [1.29, 1.82) is 0 Å². The number of halogens is 3. The summed E-state index contributed by atoms with van der Waals surface area (Å²) < 4.78 is 50.4. The predicted octanol–water partition coefficient (Wildman–Crippen LogP) is 4.83. The minimum absolute atomic E-state index is 0.0708. The van der Waals surface area contributed by atoms with E-state index in [9.17, 15) is 18.0 Å². The number of nitrogens with one attached hydrogen (secondary N) is 1. The first-order valence-electron chi connectivity index (χ1n) is 8.75. The van der Waals surface area contributed by atoms with Crippen molar-refractivity contribution in [3.63, 3.8) is 0 Å². The summed E-state index contributed by atoms with van der Waals surface area (Å²) in [6.07, 6.45) is -1.52. The van der Waals surface area contributed by atoms with Crippen molar-refractivity contribution < 1.29 is 27.1 Å². The predicted molar refractivity (Wildman–Crippen MR) is 105 cm³/mol. The number of hydrogen-bond acceptors (Lipinski definition) is 5. The van der Waals surface area contributed by atoms with Crippen LogP contribution in [0.4, 0.5) is 13.2 Å². The van der Waals surface area contributed by atoms with Crippen molar-refractivity contribution in [3.05, 3.63) is 59.1 Å². The number of amides is 1. The van der Waals surface area contributed by atoms with Gasteiger partial charge in [0.15, 0.2) is 5.69 Å². The lowest BCUT2D eigenvalue weighted by atomic mass is 10.1. The highest BCUT2D eigenvalue weighted by atomic mass is 32.2. The topological polar surface area (TPSA) is 64.4 Å². The van der Waals surface area contributed by atoms with Crippen LogP contribution in [-0.2, 0) is 12.8 Å². The van der Waals surface area contributed by atoms with Gasteiger partial charge in [0.1, 0.15) is 23.7 Å². The van der Waals surface area contributed by atoms with E-state index in [1.807, 2.05) is 6.26 Å². The quantitative estimate of drug-likeness (QED) is 0.551. The molecule has 1 aromatic carbocycles. The van der Waals surface area contributed by atoms with Gasteiger partial charge in [-0.1, -0.05) is 6.07 Å². The van der Waals surface area contributed by atoms with E-state index in [-0.39, 0.29) is 18.1 Å². The van der Waals surface area contributed by atoms with E-state index >= 15 is 0 Å². The first-order valence-corrected chi connectivity index (χ1v) is 10.1. The standard InChI is InChI=1S/C20H19F3N2O3S/c1-12-17(19(26)25-8-9-29-2)15-10-14(5-6-16(15)28-12)27-11-13-4-3-7-24-18(13)20(21,22)23/h3-7,10H,8-9,11H2,1-2H3,(H,25,26). The lowest BCUT2D eigenvalue weighted by Gasteiger charge is -2.12. The van der Waals surface area contributed by atoms with Crippen LogP contribution in [-0.4, -0.2) is 29.4 Å². The van der Waals surface area contributed by atoms with Gasteiger partial charge in [-0.25, -0.2) is 0 Å². The number of thioether (sulfide) groups is 1. The van der Waals surface area contributed by atoms with Gasteiger partial charge >= 0.3 is 6.18 Å². The number of carbonyl (C=O) groups is 1. The normalized spacial score (nSPS) is 11.6. The third kappa shape index (κ3) is 4.84. The van der Waals surface area contributed by atoms with Gasteiger partial charge in [0, 0.05) is 29.4 Å². The average Bonchev–Trinajstić information content (AvgIpc) is 3.01. The molecule has 154 valence electrons. The molecule has 0 spiro atoms. The summed E-state index contributed by atoms with van der Waals surface area (Å²) in [7, 11) is 0. The van der Waals surface area contributed by atoms with Gasteiger partial charge in [0.25, 0.3) is 5.91 Å². The molecule has 1 amide bonds. The Labute approximate surface area is 169 Å². The molecule has 0 aliphatic rings. The molecule has 29 heavy (non-hydrogen) atoms. The number of hydrogen-bond donors (Lipinski definition) is 1. The van der Waals surface area contributed by atoms with Gasteiger partial charge in [-0.15, -0.1) is 0 Å². The summed E-state index contributed by atoms with van der Waals surface area (Å²) in [4.78, 5) is 15.9. The number of carbonyl (C=O) groups excluding carboxylic acids is 1. The van der Waals surface area contributed by atoms with Crippen LogP contribution in [0.1, 0.15) is 27.4 Å². The molecule has 0 bridgehead atoms. The lowest BCUT2D eigenvalue weighted by Crippen LogP contribution is -2.26. The zero-order chi connectivity index (χ0) is 21.0. The third-order valence-electron chi connectivity index (χ3n) is 4.21. The number of alkyl halides is 3. The van der Waals surface area contributed by atoms with Gasteiger partial charge in [0.05, 0.1) is 5.56 Å². The Kier molecular flexibility index (Phi) is 6.36. The van der Waals surface area contributed by atoms with Gasteiger partial charge in [-0.3, -0.25) is 9.78 Å². The SMILES string of the molecule is CSCCNC(=O)c1c(C)oc2ccc(OCc3cccnc3C(F)(F)F)cc12. The molecule has 3 aromatic rings.